The van der Waals surface area contributed by atoms with Crippen molar-refractivity contribution >= 4 is 38.9 Å². The van der Waals surface area contributed by atoms with Crippen LogP contribution in [0.3, 0.4) is 0 Å². The van der Waals surface area contributed by atoms with Gasteiger partial charge in [0.15, 0.2) is 0 Å². The molecule has 0 saturated carbocycles. The standard InChI is InChI=1S/C14H13Cl2NO3S/c1-9-7-14(11(16)8-10(9)15)21(18,19)17-12-5-3-4-6-13(12)20-2/h3-8,17H,1-2H3. The summed E-state index contributed by atoms with van der Waals surface area (Å²) in [5, 5.41) is 0.476. The molecule has 0 saturated heterocycles. The zero-order chi connectivity index (χ0) is 15.6. The fourth-order valence-electron chi connectivity index (χ4n) is 1.77. The van der Waals surface area contributed by atoms with E-state index in [2.05, 4.69) is 4.72 Å². The summed E-state index contributed by atoms with van der Waals surface area (Å²) in [4.78, 5) is -0.0306. The highest BCUT2D eigenvalue weighted by molar-refractivity contribution is 7.92. The minimum Gasteiger partial charge on any atom is -0.495 e. The Hall–Kier alpha value is -1.43. The smallest absolute Gasteiger partial charge is 0.263 e. The number of rotatable bonds is 4. The molecule has 0 spiro atoms. The van der Waals surface area contributed by atoms with Crippen molar-refractivity contribution in [3.63, 3.8) is 0 Å². The van der Waals surface area contributed by atoms with Crippen molar-refractivity contribution in [1.29, 1.82) is 0 Å². The monoisotopic (exact) mass is 345 g/mol. The quantitative estimate of drug-likeness (QED) is 0.906. The number of methoxy groups -OCH3 is 1. The van der Waals surface area contributed by atoms with Crippen molar-refractivity contribution in [3.05, 3.63) is 52.0 Å². The molecule has 0 radical (unpaired) electrons. The molecule has 7 heteroatoms. The van der Waals surface area contributed by atoms with Crippen LogP contribution >= 0.6 is 23.2 Å². The number of nitrogens with one attached hydrogen (secondary N) is 1. The molecule has 0 unspecified atom stereocenters. The number of aryl methyl sites for hydroxylation is 1. The van der Waals surface area contributed by atoms with Gasteiger partial charge in [-0.1, -0.05) is 35.3 Å². The summed E-state index contributed by atoms with van der Waals surface area (Å²) < 4.78 is 32.5. The Labute approximate surface area is 133 Å². The average Bonchev–Trinajstić information content (AvgIpc) is 2.43. The molecule has 0 amide bonds. The number of para-hydroxylation sites is 2. The lowest BCUT2D eigenvalue weighted by atomic mass is 10.2. The van der Waals surface area contributed by atoms with Crippen LogP contribution in [-0.2, 0) is 10.0 Å². The zero-order valence-corrected chi connectivity index (χ0v) is 13.7. The third kappa shape index (κ3) is 3.43. The summed E-state index contributed by atoms with van der Waals surface area (Å²) in [5.74, 6) is 0.419. The molecule has 112 valence electrons. The molecule has 2 aromatic carbocycles. The van der Waals surface area contributed by atoms with E-state index >= 15 is 0 Å². The maximum absolute atomic E-state index is 12.5. The highest BCUT2D eigenvalue weighted by atomic mass is 35.5. The van der Waals surface area contributed by atoms with Gasteiger partial charge < -0.3 is 4.74 Å². The van der Waals surface area contributed by atoms with Crippen LogP contribution in [0.1, 0.15) is 5.56 Å². The summed E-state index contributed by atoms with van der Waals surface area (Å²) in [6.45, 7) is 1.71. The van der Waals surface area contributed by atoms with Gasteiger partial charge in [0.1, 0.15) is 10.6 Å². The second kappa shape index (κ2) is 6.13. The van der Waals surface area contributed by atoms with E-state index in [0.29, 0.717) is 22.0 Å². The molecule has 1 N–H and O–H groups in total. The second-order valence-electron chi connectivity index (χ2n) is 4.34. The Bertz CT molecular complexity index is 776. The van der Waals surface area contributed by atoms with Crippen LogP contribution in [0.2, 0.25) is 10.0 Å². The molecule has 2 aromatic rings. The number of hydrogen-bond acceptors (Lipinski definition) is 3. The number of anilines is 1. The molecule has 0 aliphatic carbocycles. The lowest BCUT2D eigenvalue weighted by molar-refractivity contribution is 0.417. The summed E-state index contributed by atoms with van der Waals surface area (Å²) >= 11 is 11.9. The van der Waals surface area contributed by atoms with Crippen LogP contribution in [0.25, 0.3) is 0 Å². The van der Waals surface area contributed by atoms with Crippen molar-refractivity contribution in [1.82, 2.24) is 0 Å². The molecule has 21 heavy (non-hydrogen) atoms. The number of benzene rings is 2. The SMILES string of the molecule is COc1ccccc1NS(=O)(=O)c1cc(C)c(Cl)cc1Cl. The maximum atomic E-state index is 12.5. The Morgan fingerprint density at radius 2 is 1.76 bits per heavy atom. The van der Waals surface area contributed by atoms with E-state index in [-0.39, 0.29) is 9.92 Å². The van der Waals surface area contributed by atoms with Gasteiger partial charge in [-0.05, 0) is 36.8 Å². The van der Waals surface area contributed by atoms with Gasteiger partial charge in [-0.2, -0.15) is 0 Å². The van der Waals surface area contributed by atoms with Gasteiger partial charge in [-0.15, -0.1) is 0 Å². The molecule has 0 aromatic heterocycles. The summed E-state index contributed by atoms with van der Waals surface area (Å²) in [6, 6.07) is 9.56. The van der Waals surface area contributed by atoms with Gasteiger partial charge in [-0.3, -0.25) is 4.72 Å². The van der Waals surface area contributed by atoms with E-state index in [9.17, 15) is 8.42 Å². The Kier molecular flexibility index (Phi) is 4.66. The first kappa shape index (κ1) is 15.9. The highest BCUT2D eigenvalue weighted by Gasteiger charge is 2.20. The van der Waals surface area contributed by atoms with E-state index in [1.54, 1.807) is 31.2 Å². The van der Waals surface area contributed by atoms with Gasteiger partial charge in [-0.25, -0.2) is 8.42 Å². The molecular weight excluding hydrogens is 333 g/mol. The fraction of sp³-hybridized carbons (Fsp3) is 0.143. The van der Waals surface area contributed by atoms with Crippen LogP contribution < -0.4 is 9.46 Å². The Morgan fingerprint density at radius 1 is 1.10 bits per heavy atom. The summed E-state index contributed by atoms with van der Waals surface area (Å²) in [7, 11) is -2.37. The first-order valence-corrected chi connectivity index (χ1v) is 8.20. The van der Waals surface area contributed by atoms with Gasteiger partial charge in [0.05, 0.1) is 17.8 Å². The molecule has 0 heterocycles. The zero-order valence-electron chi connectivity index (χ0n) is 11.4. The van der Waals surface area contributed by atoms with Crippen molar-refractivity contribution in [2.45, 2.75) is 11.8 Å². The van der Waals surface area contributed by atoms with Crippen LogP contribution in [-0.4, -0.2) is 15.5 Å². The number of sulfonamides is 1. The van der Waals surface area contributed by atoms with E-state index in [1.807, 2.05) is 0 Å². The first-order valence-electron chi connectivity index (χ1n) is 5.96. The highest BCUT2D eigenvalue weighted by Crippen LogP contribution is 2.31. The van der Waals surface area contributed by atoms with Gasteiger partial charge in [0, 0.05) is 5.02 Å². The van der Waals surface area contributed by atoms with Crippen molar-refractivity contribution in [2.75, 3.05) is 11.8 Å². The summed E-state index contributed by atoms with van der Waals surface area (Å²) in [6.07, 6.45) is 0. The molecule has 0 bridgehead atoms. The van der Waals surface area contributed by atoms with Gasteiger partial charge in [0.25, 0.3) is 10.0 Å². The molecule has 0 fully saturated rings. The predicted octanol–water partition coefficient (Wildman–Crippen LogP) is 4.11. The predicted molar refractivity (Wildman–Crippen MR) is 85.0 cm³/mol. The molecular formula is C14H13Cl2NO3S. The third-order valence-corrected chi connectivity index (χ3v) is 5.09. The largest absolute Gasteiger partial charge is 0.495 e. The molecule has 4 nitrogen and oxygen atoms in total. The Balaban J connectivity index is 2.46. The third-order valence-electron chi connectivity index (χ3n) is 2.85. The molecule has 0 atom stereocenters. The average molecular weight is 346 g/mol. The first-order chi connectivity index (χ1) is 9.85. The molecule has 0 aliphatic rings. The van der Waals surface area contributed by atoms with Crippen molar-refractivity contribution < 1.29 is 13.2 Å². The van der Waals surface area contributed by atoms with E-state index in [1.165, 1.54) is 19.2 Å². The minimum absolute atomic E-state index is 0.0306. The van der Waals surface area contributed by atoms with E-state index < -0.39 is 10.0 Å². The summed E-state index contributed by atoms with van der Waals surface area (Å²) in [5.41, 5.74) is 0.963. The molecule has 0 aliphatic heterocycles. The fourth-order valence-corrected chi connectivity index (χ4v) is 3.67. The van der Waals surface area contributed by atoms with Gasteiger partial charge in [0.2, 0.25) is 0 Å². The van der Waals surface area contributed by atoms with Crippen LogP contribution in [0, 0.1) is 6.92 Å². The number of ether oxygens (including phenoxy) is 1. The number of hydrogen-bond donors (Lipinski definition) is 1. The van der Waals surface area contributed by atoms with Crippen LogP contribution in [0.5, 0.6) is 5.75 Å². The Morgan fingerprint density at radius 3 is 2.43 bits per heavy atom. The van der Waals surface area contributed by atoms with Crippen LogP contribution in [0.4, 0.5) is 5.69 Å². The lowest BCUT2D eigenvalue weighted by Gasteiger charge is -2.13. The minimum atomic E-state index is -3.84. The molecule has 2 rings (SSSR count). The maximum Gasteiger partial charge on any atom is 0.263 e. The van der Waals surface area contributed by atoms with Crippen molar-refractivity contribution in [2.24, 2.45) is 0 Å². The lowest BCUT2D eigenvalue weighted by Crippen LogP contribution is -2.14. The normalized spacial score (nSPS) is 11.2. The van der Waals surface area contributed by atoms with E-state index in [0.717, 1.165) is 0 Å². The van der Waals surface area contributed by atoms with Crippen molar-refractivity contribution in [3.8, 4) is 5.75 Å². The number of halogens is 2. The van der Waals surface area contributed by atoms with Crippen LogP contribution in [0.15, 0.2) is 41.3 Å². The topological polar surface area (TPSA) is 55.4 Å². The van der Waals surface area contributed by atoms with Gasteiger partial charge >= 0.3 is 0 Å². The second-order valence-corrected chi connectivity index (χ2v) is 6.80. The van der Waals surface area contributed by atoms with E-state index in [4.69, 9.17) is 27.9 Å².